The van der Waals surface area contributed by atoms with Gasteiger partial charge in [-0.15, -0.1) is 0 Å². The molecule has 2 amide bonds. The van der Waals surface area contributed by atoms with E-state index in [4.69, 9.17) is 4.74 Å². The number of benzene rings is 2. The summed E-state index contributed by atoms with van der Waals surface area (Å²) >= 11 is 0. The molecule has 0 bridgehead atoms. The number of ether oxygens (including phenoxy) is 1. The number of carbonyl (C=O) groups is 2. The van der Waals surface area contributed by atoms with Crippen molar-refractivity contribution in [2.75, 3.05) is 20.3 Å². The lowest BCUT2D eigenvalue weighted by Crippen LogP contribution is -2.48. The van der Waals surface area contributed by atoms with Crippen LogP contribution in [0.5, 0.6) is 0 Å². The van der Waals surface area contributed by atoms with Crippen LogP contribution in [0.1, 0.15) is 22.7 Å². The fourth-order valence-electron chi connectivity index (χ4n) is 3.20. The molecule has 1 heterocycles. The van der Waals surface area contributed by atoms with E-state index >= 15 is 0 Å². The quantitative estimate of drug-likeness (QED) is 0.863. The molecule has 0 aromatic heterocycles. The first-order chi connectivity index (χ1) is 12.6. The highest BCUT2D eigenvalue weighted by molar-refractivity contribution is 5.92. The molecule has 0 saturated heterocycles. The van der Waals surface area contributed by atoms with Gasteiger partial charge in [0.1, 0.15) is 11.9 Å². The fraction of sp³-hybridized carbons (Fsp3) is 0.300. The smallest absolute Gasteiger partial charge is 0.247 e. The van der Waals surface area contributed by atoms with Crippen molar-refractivity contribution >= 4 is 11.8 Å². The minimum absolute atomic E-state index is 0.105. The van der Waals surface area contributed by atoms with Gasteiger partial charge in [-0.05, 0) is 28.8 Å². The number of hydrogen-bond donors (Lipinski definition) is 1. The lowest BCUT2D eigenvalue weighted by Gasteiger charge is -2.36. The number of methoxy groups -OCH3 is 1. The topological polar surface area (TPSA) is 58.6 Å². The van der Waals surface area contributed by atoms with Crippen LogP contribution in [0.15, 0.2) is 48.5 Å². The van der Waals surface area contributed by atoms with Crippen LogP contribution in [-0.2, 0) is 27.3 Å². The molecular formula is C20H21FN2O3. The van der Waals surface area contributed by atoms with Crippen LogP contribution >= 0.6 is 0 Å². The maximum Gasteiger partial charge on any atom is 0.247 e. The van der Waals surface area contributed by atoms with E-state index in [2.05, 4.69) is 5.32 Å². The minimum atomic E-state index is -0.712. The van der Waals surface area contributed by atoms with Crippen molar-refractivity contribution in [1.82, 2.24) is 10.2 Å². The summed E-state index contributed by atoms with van der Waals surface area (Å²) in [6, 6.07) is 12.8. The number of fused-ring (bicyclic) bond motifs is 1. The Bertz CT molecular complexity index is 809. The van der Waals surface area contributed by atoms with E-state index in [9.17, 15) is 14.0 Å². The third-order valence-corrected chi connectivity index (χ3v) is 4.46. The van der Waals surface area contributed by atoms with Gasteiger partial charge in [0.05, 0.1) is 13.0 Å². The highest BCUT2D eigenvalue weighted by Gasteiger charge is 2.36. The van der Waals surface area contributed by atoms with Gasteiger partial charge >= 0.3 is 0 Å². The Morgan fingerprint density at radius 3 is 2.85 bits per heavy atom. The van der Waals surface area contributed by atoms with Gasteiger partial charge in [0.2, 0.25) is 11.8 Å². The zero-order valence-corrected chi connectivity index (χ0v) is 14.6. The first-order valence-corrected chi connectivity index (χ1v) is 8.48. The Hall–Kier alpha value is -2.73. The molecule has 0 saturated carbocycles. The van der Waals surface area contributed by atoms with Crippen molar-refractivity contribution < 1.29 is 18.7 Å². The molecule has 0 unspecified atom stereocenters. The van der Waals surface area contributed by atoms with Crippen LogP contribution in [0.2, 0.25) is 0 Å². The molecule has 1 aliphatic heterocycles. The van der Waals surface area contributed by atoms with Crippen LogP contribution in [0, 0.1) is 5.82 Å². The van der Waals surface area contributed by atoms with Gasteiger partial charge in [0.25, 0.3) is 0 Å². The molecule has 1 aliphatic rings. The highest BCUT2D eigenvalue weighted by Crippen LogP contribution is 2.30. The summed E-state index contributed by atoms with van der Waals surface area (Å²) in [5.41, 5.74) is 2.34. The maximum absolute atomic E-state index is 13.3. The number of halogens is 1. The van der Waals surface area contributed by atoms with Crippen molar-refractivity contribution in [2.24, 2.45) is 0 Å². The molecule has 3 rings (SSSR count). The Balaban J connectivity index is 1.82. The lowest BCUT2D eigenvalue weighted by atomic mass is 9.91. The van der Waals surface area contributed by atoms with E-state index in [1.807, 2.05) is 24.3 Å². The SMILES string of the molecule is COCCN1C(=O)Cc2ccccc2[C@H]1C(=O)NCc1cccc(F)c1. The van der Waals surface area contributed by atoms with Gasteiger partial charge in [0.15, 0.2) is 0 Å². The van der Waals surface area contributed by atoms with Crippen molar-refractivity contribution in [1.29, 1.82) is 0 Å². The van der Waals surface area contributed by atoms with Gasteiger partial charge in [-0.2, -0.15) is 0 Å². The zero-order valence-electron chi connectivity index (χ0n) is 14.6. The second-order valence-corrected chi connectivity index (χ2v) is 6.21. The largest absolute Gasteiger partial charge is 0.383 e. The van der Waals surface area contributed by atoms with Crippen LogP contribution in [-0.4, -0.2) is 37.0 Å². The number of hydrogen-bond acceptors (Lipinski definition) is 3. The molecule has 0 aliphatic carbocycles. The van der Waals surface area contributed by atoms with E-state index in [-0.39, 0.29) is 30.6 Å². The Morgan fingerprint density at radius 1 is 1.27 bits per heavy atom. The molecular weight excluding hydrogens is 335 g/mol. The van der Waals surface area contributed by atoms with E-state index in [0.717, 1.165) is 11.1 Å². The zero-order chi connectivity index (χ0) is 18.5. The summed E-state index contributed by atoms with van der Waals surface area (Å²) < 4.78 is 18.4. The molecule has 6 heteroatoms. The number of nitrogens with zero attached hydrogens (tertiary/aromatic N) is 1. The molecule has 0 fully saturated rings. The molecule has 26 heavy (non-hydrogen) atoms. The van der Waals surface area contributed by atoms with Crippen molar-refractivity contribution in [3.05, 3.63) is 71.0 Å². The molecule has 2 aromatic carbocycles. The lowest BCUT2D eigenvalue weighted by molar-refractivity contribution is -0.142. The Kier molecular flexibility index (Phi) is 5.63. The van der Waals surface area contributed by atoms with Crippen LogP contribution in [0.3, 0.4) is 0 Å². The molecule has 0 radical (unpaired) electrons. The molecule has 1 N–H and O–H groups in total. The van der Waals surface area contributed by atoms with E-state index in [1.54, 1.807) is 24.1 Å². The predicted molar refractivity (Wildman–Crippen MR) is 94.7 cm³/mol. The summed E-state index contributed by atoms with van der Waals surface area (Å²) in [5, 5.41) is 2.82. The van der Waals surface area contributed by atoms with Gasteiger partial charge in [-0.25, -0.2) is 4.39 Å². The van der Waals surface area contributed by atoms with Crippen LogP contribution in [0.25, 0.3) is 0 Å². The van der Waals surface area contributed by atoms with Gasteiger partial charge < -0.3 is 15.0 Å². The van der Waals surface area contributed by atoms with Crippen LogP contribution < -0.4 is 5.32 Å². The van der Waals surface area contributed by atoms with E-state index < -0.39 is 6.04 Å². The van der Waals surface area contributed by atoms with E-state index in [0.29, 0.717) is 18.7 Å². The maximum atomic E-state index is 13.3. The van der Waals surface area contributed by atoms with E-state index in [1.165, 1.54) is 12.1 Å². The monoisotopic (exact) mass is 356 g/mol. The van der Waals surface area contributed by atoms with Gasteiger partial charge in [-0.3, -0.25) is 9.59 Å². The number of amides is 2. The fourth-order valence-corrected chi connectivity index (χ4v) is 3.20. The van der Waals surface area contributed by atoms with Crippen LogP contribution in [0.4, 0.5) is 4.39 Å². The average molecular weight is 356 g/mol. The summed E-state index contributed by atoms with van der Waals surface area (Å²) in [7, 11) is 1.56. The second kappa shape index (κ2) is 8.10. The Morgan fingerprint density at radius 2 is 2.08 bits per heavy atom. The highest BCUT2D eigenvalue weighted by atomic mass is 19.1. The second-order valence-electron chi connectivity index (χ2n) is 6.21. The molecule has 2 aromatic rings. The minimum Gasteiger partial charge on any atom is -0.383 e. The number of rotatable bonds is 6. The molecule has 5 nitrogen and oxygen atoms in total. The molecule has 136 valence electrons. The number of carbonyl (C=O) groups excluding carboxylic acids is 2. The molecule has 0 spiro atoms. The van der Waals surface area contributed by atoms with Crippen molar-refractivity contribution in [2.45, 2.75) is 19.0 Å². The van der Waals surface area contributed by atoms with Crippen molar-refractivity contribution in [3.8, 4) is 0 Å². The predicted octanol–water partition coefficient (Wildman–Crippen LogP) is 2.21. The summed E-state index contributed by atoms with van der Waals surface area (Å²) in [6.07, 6.45) is 0.271. The number of nitrogens with one attached hydrogen (secondary N) is 1. The summed E-state index contributed by atoms with van der Waals surface area (Å²) in [4.78, 5) is 27.0. The normalized spacial score (nSPS) is 16.3. The van der Waals surface area contributed by atoms with Gasteiger partial charge in [-0.1, -0.05) is 36.4 Å². The summed E-state index contributed by atoms with van der Waals surface area (Å²) in [5.74, 6) is -0.742. The third kappa shape index (κ3) is 3.91. The first kappa shape index (κ1) is 18.1. The first-order valence-electron chi connectivity index (χ1n) is 8.48. The Labute approximate surface area is 151 Å². The summed E-state index contributed by atoms with van der Waals surface area (Å²) in [6.45, 7) is 0.880. The van der Waals surface area contributed by atoms with Crippen molar-refractivity contribution in [3.63, 3.8) is 0 Å². The standard InChI is InChI=1S/C20H21FN2O3/c1-26-10-9-23-18(24)12-15-6-2-3-8-17(15)19(23)20(25)22-13-14-5-4-7-16(21)11-14/h2-8,11,19H,9-10,12-13H2,1H3,(H,22,25)/t19-/m0/s1. The third-order valence-electron chi connectivity index (χ3n) is 4.46. The molecule has 1 atom stereocenters. The van der Waals surface area contributed by atoms with Gasteiger partial charge in [0, 0.05) is 20.2 Å². The average Bonchev–Trinajstić information content (AvgIpc) is 2.64.